The van der Waals surface area contributed by atoms with Crippen molar-refractivity contribution in [3.05, 3.63) is 5.82 Å². The van der Waals surface area contributed by atoms with Gasteiger partial charge >= 0.3 is 0 Å². The second-order valence-electron chi connectivity index (χ2n) is 5.81. The molecule has 0 amide bonds. The minimum atomic E-state index is 0.595. The molecule has 0 aromatic carbocycles. The number of nitrogens with zero attached hydrogens (tertiary/aromatic N) is 3. The summed E-state index contributed by atoms with van der Waals surface area (Å²) in [5.74, 6) is 3.11. The van der Waals surface area contributed by atoms with E-state index in [2.05, 4.69) is 33.9 Å². The summed E-state index contributed by atoms with van der Waals surface area (Å²) in [6.45, 7) is 5.47. The number of rotatable bonds is 8. The molecular weight excluding hydrogens is 256 g/mol. The molecule has 0 aliphatic heterocycles. The largest absolute Gasteiger partial charge is 0.315 e. The van der Waals surface area contributed by atoms with Gasteiger partial charge < -0.3 is 9.88 Å². The maximum absolute atomic E-state index is 4.45. The summed E-state index contributed by atoms with van der Waals surface area (Å²) in [5.41, 5.74) is 0. The summed E-state index contributed by atoms with van der Waals surface area (Å²) in [7, 11) is 0. The third-order valence-electron chi connectivity index (χ3n) is 3.88. The minimum absolute atomic E-state index is 0.595. The third kappa shape index (κ3) is 3.31. The third-order valence-corrected chi connectivity index (χ3v) is 4.86. The molecule has 0 radical (unpaired) electrons. The van der Waals surface area contributed by atoms with Crippen LogP contribution in [0.5, 0.6) is 0 Å². The van der Waals surface area contributed by atoms with Gasteiger partial charge in [-0.05, 0) is 45.6 Å². The van der Waals surface area contributed by atoms with Gasteiger partial charge in [0.2, 0.25) is 0 Å². The van der Waals surface area contributed by atoms with Crippen molar-refractivity contribution >= 4 is 11.8 Å². The average molecular weight is 280 g/mol. The first-order valence-electron chi connectivity index (χ1n) is 7.60. The first-order valence-corrected chi connectivity index (χ1v) is 8.59. The van der Waals surface area contributed by atoms with Crippen LogP contribution >= 0.6 is 11.8 Å². The summed E-state index contributed by atoms with van der Waals surface area (Å²) < 4.78 is 2.44. The molecule has 0 saturated heterocycles. The Bertz CT molecular complexity index is 423. The van der Waals surface area contributed by atoms with Crippen LogP contribution in [0.3, 0.4) is 0 Å². The van der Waals surface area contributed by atoms with E-state index >= 15 is 0 Å². The van der Waals surface area contributed by atoms with Crippen molar-refractivity contribution in [3.8, 4) is 0 Å². The monoisotopic (exact) mass is 280 g/mol. The summed E-state index contributed by atoms with van der Waals surface area (Å²) in [6, 6.07) is 1.30. The van der Waals surface area contributed by atoms with E-state index < -0.39 is 0 Å². The van der Waals surface area contributed by atoms with Crippen LogP contribution in [0.25, 0.3) is 0 Å². The van der Waals surface area contributed by atoms with Crippen LogP contribution < -0.4 is 5.32 Å². The Morgan fingerprint density at radius 2 is 2.11 bits per heavy atom. The molecule has 2 aliphatic carbocycles. The van der Waals surface area contributed by atoms with E-state index in [1.54, 1.807) is 0 Å². The second-order valence-corrected chi connectivity index (χ2v) is 6.87. The lowest BCUT2D eigenvalue weighted by molar-refractivity contribution is 0.555. The Labute approximate surface area is 119 Å². The second kappa shape index (κ2) is 5.83. The van der Waals surface area contributed by atoms with Crippen LogP contribution in [0.2, 0.25) is 0 Å². The Morgan fingerprint density at radius 1 is 1.32 bits per heavy atom. The maximum Gasteiger partial charge on any atom is 0.191 e. The highest BCUT2D eigenvalue weighted by Crippen LogP contribution is 2.45. The summed E-state index contributed by atoms with van der Waals surface area (Å²) in [4.78, 5) is 0. The van der Waals surface area contributed by atoms with E-state index in [1.807, 2.05) is 11.8 Å². The molecule has 0 spiro atoms. The molecule has 19 heavy (non-hydrogen) atoms. The summed E-state index contributed by atoms with van der Waals surface area (Å²) in [6.07, 6.45) is 6.45. The molecule has 1 heterocycles. The number of hydrogen-bond donors (Lipinski definition) is 1. The van der Waals surface area contributed by atoms with E-state index in [0.29, 0.717) is 18.0 Å². The fourth-order valence-electron chi connectivity index (χ4n) is 2.46. The van der Waals surface area contributed by atoms with Gasteiger partial charge in [0.25, 0.3) is 0 Å². The number of hydrogen-bond acceptors (Lipinski definition) is 4. The molecule has 1 unspecified atom stereocenters. The average Bonchev–Trinajstić information content (AvgIpc) is 3.29. The van der Waals surface area contributed by atoms with Crippen LogP contribution in [0.1, 0.15) is 63.7 Å². The number of thioether (sulfide) groups is 1. The van der Waals surface area contributed by atoms with Gasteiger partial charge in [-0.1, -0.05) is 18.7 Å². The van der Waals surface area contributed by atoms with Crippen molar-refractivity contribution in [1.29, 1.82) is 0 Å². The molecule has 2 aliphatic rings. The zero-order valence-corrected chi connectivity index (χ0v) is 12.7. The fourth-order valence-corrected chi connectivity index (χ4v) is 3.59. The number of aromatic nitrogens is 3. The zero-order chi connectivity index (χ0) is 13.2. The summed E-state index contributed by atoms with van der Waals surface area (Å²) in [5, 5.41) is 13.5. The lowest BCUT2D eigenvalue weighted by Crippen LogP contribution is -2.25. The van der Waals surface area contributed by atoms with Gasteiger partial charge in [0.1, 0.15) is 5.82 Å². The lowest BCUT2D eigenvalue weighted by atomic mass is 10.3. The van der Waals surface area contributed by atoms with Gasteiger partial charge in [-0.2, -0.15) is 0 Å². The normalized spacial score (nSPS) is 20.7. The van der Waals surface area contributed by atoms with Crippen molar-refractivity contribution in [1.82, 2.24) is 20.1 Å². The Morgan fingerprint density at radius 3 is 2.74 bits per heavy atom. The standard InChI is InChI=1S/C14H24N4S/c1-3-15-10(2)8-9-19-14-17-16-13(11-4-5-11)18(14)12-6-7-12/h10-12,15H,3-9H2,1-2H3. The predicted octanol–water partition coefficient (Wildman–Crippen LogP) is 2.97. The van der Waals surface area contributed by atoms with Crippen molar-refractivity contribution in [2.45, 2.75) is 69.1 Å². The molecule has 1 aromatic rings. The Kier molecular flexibility index (Phi) is 4.12. The summed E-state index contributed by atoms with van der Waals surface area (Å²) >= 11 is 1.88. The molecule has 1 atom stereocenters. The first kappa shape index (κ1) is 13.4. The van der Waals surface area contributed by atoms with Crippen molar-refractivity contribution in [3.63, 3.8) is 0 Å². The quantitative estimate of drug-likeness (QED) is 0.743. The minimum Gasteiger partial charge on any atom is -0.315 e. The Hall–Kier alpha value is -0.550. The van der Waals surface area contributed by atoms with Gasteiger partial charge in [0.05, 0.1) is 0 Å². The van der Waals surface area contributed by atoms with Gasteiger partial charge in [0, 0.05) is 23.8 Å². The molecule has 2 saturated carbocycles. The van der Waals surface area contributed by atoms with Crippen LogP contribution in [0.15, 0.2) is 5.16 Å². The molecular formula is C14H24N4S. The molecule has 1 aromatic heterocycles. The van der Waals surface area contributed by atoms with Crippen molar-refractivity contribution in [2.24, 2.45) is 0 Å². The molecule has 1 N–H and O–H groups in total. The SMILES string of the molecule is CCNC(C)CCSc1nnc(C2CC2)n1C1CC1. The molecule has 106 valence electrons. The van der Waals surface area contributed by atoms with Gasteiger partial charge in [-0.3, -0.25) is 0 Å². The van der Waals surface area contributed by atoms with Crippen LogP contribution in [0, 0.1) is 0 Å². The predicted molar refractivity (Wildman–Crippen MR) is 78.7 cm³/mol. The van der Waals surface area contributed by atoms with Crippen LogP contribution in [0.4, 0.5) is 0 Å². The van der Waals surface area contributed by atoms with E-state index in [9.17, 15) is 0 Å². The molecule has 4 nitrogen and oxygen atoms in total. The molecule has 5 heteroatoms. The van der Waals surface area contributed by atoms with E-state index in [0.717, 1.165) is 17.5 Å². The zero-order valence-electron chi connectivity index (χ0n) is 11.9. The highest BCUT2D eigenvalue weighted by molar-refractivity contribution is 7.99. The topological polar surface area (TPSA) is 42.7 Å². The van der Waals surface area contributed by atoms with Crippen LogP contribution in [-0.4, -0.2) is 33.1 Å². The van der Waals surface area contributed by atoms with Crippen molar-refractivity contribution < 1.29 is 0 Å². The van der Waals surface area contributed by atoms with Gasteiger partial charge in [0.15, 0.2) is 5.16 Å². The highest BCUT2D eigenvalue weighted by Gasteiger charge is 2.36. The number of nitrogens with one attached hydrogen (secondary N) is 1. The van der Waals surface area contributed by atoms with Gasteiger partial charge in [-0.25, -0.2) is 0 Å². The maximum atomic E-state index is 4.45. The molecule has 0 bridgehead atoms. The van der Waals surface area contributed by atoms with Crippen molar-refractivity contribution in [2.75, 3.05) is 12.3 Å². The molecule has 2 fully saturated rings. The van der Waals surface area contributed by atoms with Crippen LogP contribution in [-0.2, 0) is 0 Å². The lowest BCUT2D eigenvalue weighted by Gasteiger charge is -2.12. The van der Waals surface area contributed by atoms with E-state index in [-0.39, 0.29) is 0 Å². The molecule has 3 rings (SSSR count). The van der Waals surface area contributed by atoms with E-state index in [4.69, 9.17) is 0 Å². The first-order chi connectivity index (χ1) is 9.29. The Balaban J connectivity index is 1.58. The smallest absolute Gasteiger partial charge is 0.191 e. The van der Waals surface area contributed by atoms with E-state index in [1.165, 1.54) is 37.9 Å². The van der Waals surface area contributed by atoms with Gasteiger partial charge in [-0.15, -0.1) is 10.2 Å². The fraction of sp³-hybridized carbons (Fsp3) is 0.857. The highest BCUT2D eigenvalue weighted by atomic mass is 32.2.